The van der Waals surface area contributed by atoms with Gasteiger partial charge in [0.1, 0.15) is 5.75 Å². The maximum atomic E-state index is 12.5. The van der Waals surface area contributed by atoms with Crippen LogP contribution in [0, 0.1) is 5.95 Å². The van der Waals surface area contributed by atoms with E-state index in [-0.39, 0.29) is 11.8 Å². The molecule has 0 radical (unpaired) electrons. The van der Waals surface area contributed by atoms with Gasteiger partial charge in [0.15, 0.2) is 6.79 Å². The zero-order valence-corrected chi connectivity index (χ0v) is 7.14. The number of nitrogens with zero attached hydrogens (tertiary/aromatic N) is 1. The minimum atomic E-state index is -0.707. The number of methoxy groups -OCH3 is 1. The Morgan fingerprint density at radius 1 is 1.67 bits per heavy atom. The monoisotopic (exact) mass is 191 g/mol. The molecule has 0 spiro atoms. The van der Waals surface area contributed by atoms with Crippen molar-refractivity contribution in [3.8, 4) is 5.75 Å². The normalized spacial score (nSPS) is 9.92. The summed E-state index contributed by atoms with van der Waals surface area (Å²) >= 11 is 5.43. The molecule has 1 aromatic heterocycles. The van der Waals surface area contributed by atoms with Crippen molar-refractivity contribution in [1.29, 1.82) is 0 Å². The molecule has 1 heterocycles. The fourth-order valence-corrected chi connectivity index (χ4v) is 0.766. The summed E-state index contributed by atoms with van der Waals surface area (Å²) in [6.45, 7) is 0.0869. The van der Waals surface area contributed by atoms with E-state index in [0.29, 0.717) is 5.75 Å². The SMILES string of the molecule is COCOc1cnc(F)c(Cl)c1. The second-order valence-corrected chi connectivity index (χ2v) is 2.40. The summed E-state index contributed by atoms with van der Waals surface area (Å²) in [6.07, 6.45) is 1.24. The smallest absolute Gasteiger partial charge is 0.231 e. The predicted octanol–water partition coefficient (Wildman–Crippen LogP) is 1.86. The van der Waals surface area contributed by atoms with Gasteiger partial charge < -0.3 is 9.47 Å². The minimum absolute atomic E-state index is 0.0661. The zero-order valence-electron chi connectivity index (χ0n) is 6.38. The molecule has 0 aliphatic rings. The molecule has 0 atom stereocenters. The average Bonchev–Trinajstić information content (AvgIpc) is 2.07. The van der Waals surface area contributed by atoms with Crippen molar-refractivity contribution in [2.24, 2.45) is 0 Å². The van der Waals surface area contributed by atoms with E-state index in [1.54, 1.807) is 0 Å². The molecule has 66 valence electrons. The van der Waals surface area contributed by atoms with Crippen LogP contribution in [0.4, 0.5) is 4.39 Å². The molecule has 3 nitrogen and oxygen atoms in total. The predicted molar refractivity (Wildman–Crippen MR) is 41.7 cm³/mol. The number of pyridine rings is 1. The second-order valence-electron chi connectivity index (χ2n) is 1.99. The molecule has 0 aliphatic heterocycles. The molecule has 0 unspecified atom stereocenters. The van der Waals surface area contributed by atoms with Crippen LogP contribution in [0.3, 0.4) is 0 Å². The van der Waals surface area contributed by atoms with Crippen molar-refractivity contribution in [3.63, 3.8) is 0 Å². The molecule has 1 aromatic rings. The summed E-state index contributed by atoms with van der Waals surface area (Å²) in [5.74, 6) is -0.329. The first kappa shape index (κ1) is 9.22. The van der Waals surface area contributed by atoms with E-state index in [1.165, 1.54) is 19.4 Å². The highest BCUT2D eigenvalue weighted by molar-refractivity contribution is 6.30. The van der Waals surface area contributed by atoms with E-state index in [4.69, 9.17) is 16.3 Å². The molecule has 0 aliphatic carbocycles. The summed E-state index contributed by atoms with van der Waals surface area (Å²) in [5.41, 5.74) is 0. The van der Waals surface area contributed by atoms with Crippen LogP contribution in [0.1, 0.15) is 0 Å². The Hall–Kier alpha value is -0.870. The lowest BCUT2D eigenvalue weighted by molar-refractivity contribution is 0.0507. The van der Waals surface area contributed by atoms with E-state index in [0.717, 1.165) is 0 Å². The van der Waals surface area contributed by atoms with Crippen LogP contribution in [-0.4, -0.2) is 18.9 Å². The highest BCUT2D eigenvalue weighted by atomic mass is 35.5. The number of rotatable bonds is 3. The lowest BCUT2D eigenvalue weighted by Gasteiger charge is -2.03. The van der Waals surface area contributed by atoms with Crippen molar-refractivity contribution in [3.05, 3.63) is 23.2 Å². The number of halogens is 2. The van der Waals surface area contributed by atoms with Gasteiger partial charge in [0.05, 0.1) is 11.2 Å². The Labute approximate surface area is 74.1 Å². The van der Waals surface area contributed by atoms with Gasteiger partial charge in [-0.3, -0.25) is 0 Å². The van der Waals surface area contributed by atoms with Crippen molar-refractivity contribution in [2.75, 3.05) is 13.9 Å². The molecule has 5 heteroatoms. The molecule has 0 saturated heterocycles. The Kier molecular flexibility index (Phi) is 3.25. The maximum absolute atomic E-state index is 12.5. The van der Waals surface area contributed by atoms with Crippen LogP contribution < -0.4 is 4.74 Å². The molecule has 1 rings (SSSR count). The molecule has 0 aromatic carbocycles. The first-order valence-corrected chi connectivity index (χ1v) is 3.54. The van der Waals surface area contributed by atoms with Crippen molar-refractivity contribution < 1.29 is 13.9 Å². The summed E-state index contributed by atoms with van der Waals surface area (Å²) in [4.78, 5) is 3.35. The van der Waals surface area contributed by atoms with Gasteiger partial charge in [-0.25, -0.2) is 4.98 Å². The van der Waals surface area contributed by atoms with Gasteiger partial charge in [0, 0.05) is 13.2 Å². The van der Waals surface area contributed by atoms with Gasteiger partial charge in [-0.05, 0) is 0 Å². The second kappa shape index (κ2) is 4.23. The topological polar surface area (TPSA) is 31.4 Å². The van der Waals surface area contributed by atoms with Gasteiger partial charge in [-0.2, -0.15) is 4.39 Å². The van der Waals surface area contributed by atoms with Crippen LogP contribution in [0.5, 0.6) is 5.75 Å². The summed E-state index contributed by atoms with van der Waals surface area (Å²) < 4.78 is 22.1. The zero-order chi connectivity index (χ0) is 8.97. The molecule has 0 fully saturated rings. The van der Waals surface area contributed by atoms with Gasteiger partial charge in [-0.1, -0.05) is 11.6 Å². The molecule has 0 amide bonds. The molecule has 0 saturated carbocycles. The fourth-order valence-electron chi connectivity index (χ4n) is 0.610. The quantitative estimate of drug-likeness (QED) is 0.540. The van der Waals surface area contributed by atoms with Crippen molar-refractivity contribution in [1.82, 2.24) is 4.98 Å². The van der Waals surface area contributed by atoms with E-state index >= 15 is 0 Å². The van der Waals surface area contributed by atoms with Crippen molar-refractivity contribution in [2.45, 2.75) is 0 Å². The summed E-state index contributed by atoms with van der Waals surface area (Å²) in [5, 5.41) is -0.0661. The molecular weight excluding hydrogens is 185 g/mol. The van der Waals surface area contributed by atoms with Crippen LogP contribution in [0.25, 0.3) is 0 Å². The summed E-state index contributed by atoms with van der Waals surface area (Å²) in [7, 11) is 1.48. The third-order valence-electron chi connectivity index (χ3n) is 1.11. The van der Waals surface area contributed by atoms with E-state index in [9.17, 15) is 4.39 Å². The fraction of sp³-hybridized carbons (Fsp3) is 0.286. The van der Waals surface area contributed by atoms with Crippen LogP contribution in [-0.2, 0) is 4.74 Å². The lowest BCUT2D eigenvalue weighted by Crippen LogP contribution is -1.99. The molecule has 0 bridgehead atoms. The number of hydrogen-bond acceptors (Lipinski definition) is 3. The number of ether oxygens (including phenoxy) is 2. The Bertz CT molecular complexity index is 270. The minimum Gasteiger partial charge on any atom is -0.466 e. The molecule has 0 N–H and O–H groups in total. The first-order valence-electron chi connectivity index (χ1n) is 3.17. The lowest BCUT2D eigenvalue weighted by atomic mass is 10.4. The van der Waals surface area contributed by atoms with Crippen LogP contribution in [0.2, 0.25) is 5.02 Å². The highest BCUT2D eigenvalue weighted by Crippen LogP contribution is 2.18. The van der Waals surface area contributed by atoms with Gasteiger partial charge >= 0.3 is 0 Å². The molecular formula is C7H7ClFNO2. The Morgan fingerprint density at radius 2 is 2.42 bits per heavy atom. The average molecular weight is 192 g/mol. The maximum Gasteiger partial charge on any atom is 0.231 e. The van der Waals surface area contributed by atoms with E-state index in [2.05, 4.69) is 9.72 Å². The first-order chi connectivity index (χ1) is 5.74. The van der Waals surface area contributed by atoms with Gasteiger partial charge in [0.25, 0.3) is 0 Å². The Balaban J connectivity index is 2.69. The Morgan fingerprint density at radius 3 is 3.00 bits per heavy atom. The third-order valence-corrected chi connectivity index (χ3v) is 1.38. The van der Waals surface area contributed by atoms with E-state index < -0.39 is 5.95 Å². The van der Waals surface area contributed by atoms with Gasteiger partial charge in [-0.15, -0.1) is 0 Å². The number of aromatic nitrogens is 1. The standard InChI is InChI=1S/C7H7ClFNO2/c1-11-4-12-5-2-6(8)7(9)10-3-5/h2-3H,4H2,1H3. The van der Waals surface area contributed by atoms with Gasteiger partial charge in [0.2, 0.25) is 5.95 Å². The van der Waals surface area contributed by atoms with Crippen LogP contribution >= 0.6 is 11.6 Å². The van der Waals surface area contributed by atoms with Crippen molar-refractivity contribution >= 4 is 11.6 Å². The van der Waals surface area contributed by atoms with E-state index in [1.807, 2.05) is 0 Å². The summed E-state index contributed by atoms with van der Waals surface area (Å²) in [6, 6.07) is 1.34. The third kappa shape index (κ3) is 2.32. The van der Waals surface area contributed by atoms with Crippen LogP contribution in [0.15, 0.2) is 12.3 Å². The number of hydrogen-bond donors (Lipinski definition) is 0. The largest absolute Gasteiger partial charge is 0.466 e. The molecule has 12 heavy (non-hydrogen) atoms. The highest BCUT2D eigenvalue weighted by Gasteiger charge is 2.02.